The van der Waals surface area contributed by atoms with Crippen molar-refractivity contribution in [3.63, 3.8) is 0 Å². The van der Waals surface area contributed by atoms with Crippen LogP contribution >= 0.6 is 0 Å². The first-order chi connectivity index (χ1) is 16.7. The van der Waals surface area contributed by atoms with E-state index in [1.807, 2.05) is 6.07 Å². The molecule has 4 atom stereocenters. The highest BCUT2D eigenvalue weighted by Crippen LogP contribution is 2.51. The fraction of sp³-hybridized carbons (Fsp3) is 0.500. The second-order valence-electron chi connectivity index (χ2n) is 9.08. The van der Waals surface area contributed by atoms with Gasteiger partial charge in [0.15, 0.2) is 0 Å². The van der Waals surface area contributed by atoms with E-state index in [-0.39, 0.29) is 30.9 Å². The van der Waals surface area contributed by atoms with Crippen molar-refractivity contribution < 1.29 is 27.9 Å². The number of aromatic nitrogens is 1. The molecule has 4 N–H and O–H groups in total. The number of benzene rings is 1. The first-order valence-electron chi connectivity index (χ1n) is 11.5. The lowest BCUT2D eigenvalue weighted by molar-refractivity contribution is -0.128. The molecule has 1 aliphatic heterocycles. The smallest absolute Gasteiger partial charge is 0.268 e. The summed E-state index contributed by atoms with van der Waals surface area (Å²) in [5, 5.41) is 18.0. The van der Waals surface area contributed by atoms with Crippen LogP contribution in [-0.2, 0) is 9.59 Å². The van der Waals surface area contributed by atoms with Crippen LogP contribution in [0, 0.1) is 23.2 Å². The van der Waals surface area contributed by atoms with Gasteiger partial charge in [-0.25, -0.2) is 8.78 Å². The molecule has 2 aromatic rings. The second-order valence-corrected chi connectivity index (χ2v) is 9.08. The molecule has 2 unspecified atom stereocenters. The zero-order chi connectivity index (χ0) is 25.2. The summed E-state index contributed by atoms with van der Waals surface area (Å²) in [4.78, 5) is 40.9. The minimum Gasteiger partial charge on any atom is -0.496 e. The highest BCUT2D eigenvalue weighted by molar-refractivity contribution is 6.01. The van der Waals surface area contributed by atoms with Crippen molar-refractivity contribution in [3.05, 3.63) is 30.0 Å². The van der Waals surface area contributed by atoms with Crippen LogP contribution in [0.2, 0.25) is 0 Å². The van der Waals surface area contributed by atoms with E-state index in [1.165, 1.54) is 7.11 Å². The van der Waals surface area contributed by atoms with Crippen LogP contribution in [0.5, 0.6) is 5.75 Å². The summed E-state index contributed by atoms with van der Waals surface area (Å²) in [5.41, 5.74) is 0.778. The maximum absolute atomic E-state index is 13.6. The molecule has 35 heavy (non-hydrogen) atoms. The Hall–Kier alpha value is -3.68. The molecule has 1 saturated carbocycles. The summed E-state index contributed by atoms with van der Waals surface area (Å²) >= 11 is 0. The van der Waals surface area contributed by atoms with E-state index in [4.69, 9.17) is 4.74 Å². The average Bonchev–Trinajstić information content (AvgIpc) is 3.22. The Morgan fingerprint density at radius 2 is 2.09 bits per heavy atom. The standard InChI is InChI=1S/C24H27F2N5O4/c1-35-20-6-2-5-17-16(20)10-19(30-17)23(34)31-18(9-14-11-24(14,25)26)22(33)29-15(12-27)8-13-4-3-7-28-21(13)32/h2,5-6,10,13-15,18,30H,3-4,7-9,11H2,1H3,(H,28,32)(H,29,33)(H,31,34)/t13-,14?,15-,18?/m0/s1. The van der Waals surface area contributed by atoms with Gasteiger partial charge in [-0.3, -0.25) is 14.4 Å². The molecule has 1 aliphatic carbocycles. The van der Waals surface area contributed by atoms with Gasteiger partial charge in [-0.2, -0.15) is 5.26 Å². The summed E-state index contributed by atoms with van der Waals surface area (Å²) in [5.74, 6) is -5.35. The molecule has 1 saturated heterocycles. The van der Waals surface area contributed by atoms with Gasteiger partial charge >= 0.3 is 0 Å². The fourth-order valence-corrected chi connectivity index (χ4v) is 4.47. The van der Waals surface area contributed by atoms with Crippen molar-refractivity contribution in [2.24, 2.45) is 11.8 Å². The summed E-state index contributed by atoms with van der Waals surface area (Å²) in [7, 11) is 1.50. The maximum atomic E-state index is 13.6. The zero-order valence-corrected chi connectivity index (χ0v) is 19.2. The summed E-state index contributed by atoms with van der Waals surface area (Å²) in [6.07, 6.45) is 0.845. The monoisotopic (exact) mass is 487 g/mol. The molecule has 186 valence electrons. The lowest BCUT2D eigenvalue weighted by Crippen LogP contribution is -2.51. The number of nitrogens with one attached hydrogen (secondary N) is 4. The zero-order valence-electron chi connectivity index (χ0n) is 19.2. The van der Waals surface area contributed by atoms with Gasteiger partial charge < -0.3 is 25.7 Å². The molecule has 0 spiro atoms. The largest absolute Gasteiger partial charge is 0.496 e. The Kier molecular flexibility index (Phi) is 6.91. The third-order valence-corrected chi connectivity index (χ3v) is 6.58. The number of nitrogens with zero attached hydrogens (tertiary/aromatic N) is 1. The number of H-pyrrole nitrogens is 1. The van der Waals surface area contributed by atoms with Gasteiger partial charge in [0.05, 0.1) is 13.2 Å². The SMILES string of the molecule is COc1cccc2[nH]c(C(=O)NC(CC3CC3(F)F)C(=O)N[C@H](C#N)C[C@@H]3CCCNC3=O)cc12. The number of nitriles is 1. The fourth-order valence-electron chi connectivity index (χ4n) is 4.47. The van der Waals surface area contributed by atoms with Gasteiger partial charge in [0.2, 0.25) is 11.8 Å². The van der Waals surface area contributed by atoms with E-state index in [1.54, 1.807) is 24.3 Å². The Morgan fingerprint density at radius 1 is 1.31 bits per heavy atom. The van der Waals surface area contributed by atoms with Crippen molar-refractivity contribution in [1.29, 1.82) is 5.26 Å². The van der Waals surface area contributed by atoms with E-state index < -0.39 is 41.7 Å². The van der Waals surface area contributed by atoms with Crippen LogP contribution in [-0.4, -0.2) is 54.4 Å². The van der Waals surface area contributed by atoms with Gasteiger partial charge in [0, 0.05) is 35.7 Å². The highest BCUT2D eigenvalue weighted by Gasteiger charge is 2.57. The van der Waals surface area contributed by atoms with Gasteiger partial charge in [-0.05, 0) is 43.9 Å². The van der Waals surface area contributed by atoms with E-state index in [2.05, 4.69) is 20.9 Å². The second kappa shape index (κ2) is 9.90. The lowest BCUT2D eigenvalue weighted by Gasteiger charge is -2.25. The lowest BCUT2D eigenvalue weighted by atomic mass is 9.92. The number of alkyl halides is 2. The minimum atomic E-state index is -2.88. The molecule has 2 fully saturated rings. The summed E-state index contributed by atoms with van der Waals surface area (Å²) in [6.45, 7) is 0.572. The molecule has 1 aromatic heterocycles. The van der Waals surface area contributed by atoms with E-state index in [0.717, 1.165) is 6.42 Å². The molecule has 0 radical (unpaired) electrons. The quantitative estimate of drug-likeness (QED) is 0.430. The Labute approximate surface area is 200 Å². The minimum absolute atomic E-state index is 0.107. The number of carbonyl (C=O) groups excluding carboxylic acids is 3. The van der Waals surface area contributed by atoms with Crippen molar-refractivity contribution in [2.45, 2.75) is 50.1 Å². The Morgan fingerprint density at radius 3 is 2.74 bits per heavy atom. The maximum Gasteiger partial charge on any atom is 0.268 e. The number of aromatic amines is 1. The molecule has 3 amide bonds. The van der Waals surface area contributed by atoms with Crippen LogP contribution in [0.1, 0.15) is 42.6 Å². The predicted molar refractivity (Wildman–Crippen MR) is 122 cm³/mol. The van der Waals surface area contributed by atoms with Crippen LogP contribution in [0.3, 0.4) is 0 Å². The third-order valence-electron chi connectivity index (χ3n) is 6.58. The van der Waals surface area contributed by atoms with Crippen LogP contribution in [0.25, 0.3) is 10.9 Å². The molecular formula is C24H27F2N5O4. The average molecular weight is 488 g/mol. The molecule has 11 heteroatoms. The molecule has 2 aliphatic rings. The van der Waals surface area contributed by atoms with Gasteiger partial charge in [-0.1, -0.05) is 6.07 Å². The Bertz CT molecular complexity index is 1170. The summed E-state index contributed by atoms with van der Waals surface area (Å²) < 4.78 is 32.5. The Balaban J connectivity index is 1.47. The number of halogens is 2. The van der Waals surface area contributed by atoms with E-state index in [0.29, 0.717) is 29.6 Å². The molecule has 4 rings (SSSR count). The number of ether oxygens (including phenoxy) is 1. The van der Waals surface area contributed by atoms with Crippen molar-refractivity contribution in [1.82, 2.24) is 20.9 Å². The molecule has 2 heterocycles. The van der Waals surface area contributed by atoms with Crippen molar-refractivity contribution in [2.75, 3.05) is 13.7 Å². The number of methoxy groups -OCH3 is 1. The van der Waals surface area contributed by atoms with Gasteiger partial charge in [-0.15, -0.1) is 0 Å². The van der Waals surface area contributed by atoms with Crippen LogP contribution < -0.4 is 20.7 Å². The summed E-state index contributed by atoms with van der Waals surface area (Å²) in [6, 6.07) is 6.49. The number of hydrogen-bond donors (Lipinski definition) is 4. The van der Waals surface area contributed by atoms with Gasteiger partial charge in [0.1, 0.15) is 23.5 Å². The van der Waals surface area contributed by atoms with Gasteiger partial charge in [0.25, 0.3) is 11.8 Å². The first-order valence-corrected chi connectivity index (χ1v) is 11.5. The van der Waals surface area contributed by atoms with Crippen LogP contribution in [0.15, 0.2) is 24.3 Å². The molecule has 0 bridgehead atoms. The first kappa shape index (κ1) is 24.4. The molecule has 9 nitrogen and oxygen atoms in total. The van der Waals surface area contributed by atoms with E-state index in [9.17, 15) is 28.4 Å². The van der Waals surface area contributed by atoms with Crippen molar-refractivity contribution in [3.8, 4) is 11.8 Å². The highest BCUT2D eigenvalue weighted by atomic mass is 19.3. The van der Waals surface area contributed by atoms with Crippen molar-refractivity contribution >= 4 is 28.6 Å². The normalized spacial score (nSPS) is 22.4. The number of carbonyl (C=O) groups is 3. The molecular weight excluding hydrogens is 460 g/mol. The number of hydrogen-bond acceptors (Lipinski definition) is 5. The van der Waals surface area contributed by atoms with Crippen LogP contribution in [0.4, 0.5) is 8.78 Å². The predicted octanol–water partition coefficient (Wildman–Crippen LogP) is 2.24. The number of amides is 3. The topological polar surface area (TPSA) is 136 Å². The number of piperidine rings is 1. The number of fused-ring (bicyclic) bond motifs is 1. The number of rotatable bonds is 9. The van der Waals surface area contributed by atoms with E-state index >= 15 is 0 Å². The molecule has 1 aromatic carbocycles. The third kappa shape index (κ3) is 5.53.